The standard InChI is InChI=1S/C29H28FN5O4S/c1-4-39-24-15-18(13-14-22(24)36)26-25(27(37)32-21-11-7-8-12-23(21)38-3)17(2)31-28-33-29(34-35(26)28)40-16-19-9-5-6-10-20(19)30/h5-15,26,36H,4,16H2,1-3H3,(H,32,37)(H,31,33,34)/t26-/m1/s1. The number of ether oxygens (including phenoxy) is 2. The van der Waals surface area contributed by atoms with Crippen molar-refractivity contribution in [2.24, 2.45) is 0 Å². The Hall–Kier alpha value is -4.51. The van der Waals surface area contributed by atoms with Crippen molar-refractivity contribution in [3.05, 3.63) is 94.9 Å². The lowest BCUT2D eigenvalue weighted by Gasteiger charge is -2.29. The summed E-state index contributed by atoms with van der Waals surface area (Å²) in [7, 11) is 1.54. The largest absolute Gasteiger partial charge is 0.504 e. The van der Waals surface area contributed by atoms with Gasteiger partial charge < -0.3 is 25.2 Å². The summed E-state index contributed by atoms with van der Waals surface area (Å²) in [4.78, 5) is 18.4. The molecule has 1 amide bonds. The molecular weight excluding hydrogens is 533 g/mol. The molecule has 206 valence electrons. The van der Waals surface area contributed by atoms with E-state index in [1.165, 1.54) is 31.0 Å². The average molecular weight is 562 g/mol. The number of rotatable bonds is 9. The Morgan fingerprint density at radius 2 is 1.93 bits per heavy atom. The number of hydrogen-bond acceptors (Lipinski definition) is 8. The number of aromatic nitrogens is 3. The Balaban J connectivity index is 1.54. The molecule has 0 spiro atoms. The summed E-state index contributed by atoms with van der Waals surface area (Å²) in [6.45, 7) is 3.96. The van der Waals surface area contributed by atoms with Crippen LogP contribution >= 0.6 is 11.8 Å². The van der Waals surface area contributed by atoms with Gasteiger partial charge in [0, 0.05) is 11.4 Å². The molecule has 9 nitrogen and oxygen atoms in total. The van der Waals surface area contributed by atoms with Gasteiger partial charge >= 0.3 is 0 Å². The van der Waals surface area contributed by atoms with E-state index in [1.807, 2.05) is 13.0 Å². The molecule has 11 heteroatoms. The van der Waals surface area contributed by atoms with Gasteiger partial charge in [-0.15, -0.1) is 5.10 Å². The van der Waals surface area contributed by atoms with Gasteiger partial charge in [-0.1, -0.05) is 48.2 Å². The number of para-hydroxylation sites is 2. The summed E-state index contributed by atoms with van der Waals surface area (Å²) in [5.74, 6) is 0.894. The molecule has 3 aromatic carbocycles. The van der Waals surface area contributed by atoms with Crippen LogP contribution in [0.5, 0.6) is 17.2 Å². The Kier molecular flexibility index (Phi) is 7.92. The maximum atomic E-state index is 14.2. The van der Waals surface area contributed by atoms with Gasteiger partial charge in [0.25, 0.3) is 5.91 Å². The molecule has 1 aliphatic rings. The monoisotopic (exact) mass is 561 g/mol. The highest BCUT2D eigenvalue weighted by Gasteiger charge is 2.35. The highest BCUT2D eigenvalue weighted by molar-refractivity contribution is 7.98. The SMILES string of the molecule is CCOc1cc([C@@H]2C(C(=O)Nc3ccccc3OC)=C(C)Nc3nc(SCc4ccccc4F)nn32)ccc1O. The molecule has 0 unspecified atom stereocenters. The highest BCUT2D eigenvalue weighted by atomic mass is 32.2. The number of thioether (sulfide) groups is 1. The second kappa shape index (κ2) is 11.7. The Morgan fingerprint density at radius 3 is 2.70 bits per heavy atom. The first-order chi connectivity index (χ1) is 19.4. The number of hydrogen-bond donors (Lipinski definition) is 3. The van der Waals surface area contributed by atoms with E-state index >= 15 is 0 Å². The molecular formula is C29H28FN5O4S. The van der Waals surface area contributed by atoms with Crippen LogP contribution in [0.15, 0.2) is 83.2 Å². The fourth-order valence-corrected chi connectivity index (χ4v) is 5.28. The van der Waals surface area contributed by atoms with Crippen molar-refractivity contribution in [2.45, 2.75) is 30.8 Å². The molecule has 0 bridgehead atoms. The first-order valence-electron chi connectivity index (χ1n) is 12.6. The van der Waals surface area contributed by atoms with Crippen LogP contribution in [0.2, 0.25) is 0 Å². The molecule has 5 rings (SSSR count). The normalized spacial score (nSPS) is 14.3. The first-order valence-corrected chi connectivity index (χ1v) is 13.6. The maximum Gasteiger partial charge on any atom is 0.255 e. The summed E-state index contributed by atoms with van der Waals surface area (Å²) in [5, 5.41) is 21.6. The number of phenols is 1. The van der Waals surface area contributed by atoms with Crippen molar-refractivity contribution in [1.82, 2.24) is 14.8 Å². The number of allylic oxidation sites excluding steroid dienone is 1. The fourth-order valence-electron chi connectivity index (χ4n) is 4.46. The van der Waals surface area contributed by atoms with Gasteiger partial charge in [-0.05, 0) is 55.3 Å². The van der Waals surface area contributed by atoms with Crippen LogP contribution < -0.4 is 20.1 Å². The van der Waals surface area contributed by atoms with E-state index in [9.17, 15) is 14.3 Å². The molecule has 40 heavy (non-hydrogen) atoms. The van der Waals surface area contributed by atoms with Gasteiger partial charge in [0.05, 0.1) is 25.0 Å². The topological polar surface area (TPSA) is 111 Å². The Bertz CT molecular complexity index is 1590. The molecule has 0 radical (unpaired) electrons. The highest BCUT2D eigenvalue weighted by Crippen LogP contribution is 2.40. The van der Waals surface area contributed by atoms with Crippen molar-refractivity contribution in [3.63, 3.8) is 0 Å². The van der Waals surface area contributed by atoms with Crippen LogP contribution in [0.3, 0.4) is 0 Å². The van der Waals surface area contributed by atoms with Crippen molar-refractivity contribution >= 4 is 29.3 Å². The Morgan fingerprint density at radius 1 is 1.15 bits per heavy atom. The zero-order valence-corrected chi connectivity index (χ0v) is 23.0. The minimum atomic E-state index is -0.707. The molecule has 0 saturated heterocycles. The predicted molar refractivity (Wildman–Crippen MR) is 151 cm³/mol. The van der Waals surface area contributed by atoms with Gasteiger partial charge in [0.15, 0.2) is 11.5 Å². The smallest absolute Gasteiger partial charge is 0.255 e. The number of fused-ring (bicyclic) bond motifs is 1. The van der Waals surface area contributed by atoms with Crippen LogP contribution in [-0.4, -0.2) is 39.5 Å². The lowest BCUT2D eigenvalue weighted by atomic mass is 9.94. The number of nitrogens with one attached hydrogen (secondary N) is 2. The predicted octanol–water partition coefficient (Wildman–Crippen LogP) is 5.75. The average Bonchev–Trinajstić information content (AvgIpc) is 3.35. The molecule has 1 atom stereocenters. The molecule has 0 aliphatic carbocycles. The van der Waals surface area contributed by atoms with Crippen molar-refractivity contribution < 1.29 is 23.8 Å². The van der Waals surface area contributed by atoms with E-state index in [0.29, 0.717) is 57.3 Å². The van der Waals surface area contributed by atoms with Crippen LogP contribution in [0.4, 0.5) is 16.0 Å². The number of carbonyl (C=O) groups is 1. The van der Waals surface area contributed by atoms with E-state index in [-0.39, 0.29) is 23.2 Å². The lowest BCUT2D eigenvalue weighted by molar-refractivity contribution is -0.113. The summed E-state index contributed by atoms with van der Waals surface area (Å²) in [5.41, 5.74) is 2.68. The number of halogens is 1. The van der Waals surface area contributed by atoms with Crippen LogP contribution in [0, 0.1) is 5.82 Å². The third kappa shape index (κ3) is 5.46. The molecule has 2 heterocycles. The molecule has 4 aromatic rings. The number of aromatic hydroxyl groups is 1. The summed E-state index contributed by atoms with van der Waals surface area (Å²) >= 11 is 1.29. The number of amides is 1. The molecule has 3 N–H and O–H groups in total. The number of anilines is 2. The van der Waals surface area contributed by atoms with E-state index in [0.717, 1.165) is 0 Å². The van der Waals surface area contributed by atoms with E-state index in [1.54, 1.807) is 60.1 Å². The van der Waals surface area contributed by atoms with E-state index in [2.05, 4.69) is 15.6 Å². The first kappa shape index (κ1) is 27.1. The van der Waals surface area contributed by atoms with Gasteiger partial charge in [-0.25, -0.2) is 9.07 Å². The number of carbonyl (C=O) groups excluding carboxylic acids is 1. The van der Waals surface area contributed by atoms with E-state index < -0.39 is 6.04 Å². The minimum Gasteiger partial charge on any atom is -0.504 e. The molecule has 0 saturated carbocycles. The quantitative estimate of drug-likeness (QED) is 0.222. The van der Waals surface area contributed by atoms with Gasteiger partial charge in [0.1, 0.15) is 17.6 Å². The zero-order valence-electron chi connectivity index (χ0n) is 22.1. The maximum absolute atomic E-state index is 14.2. The molecule has 0 fully saturated rings. The van der Waals surface area contributed by atoms with Gasteiger partial charge in [-0.2, -0.15) is 4.98 Å². The van der Waals surface area contributed by atoms with Crippen molar-refractivity contribution in [2.75, 3.05) is 24.4 Å². The van der Waals surface area contributed by atoms with Crippen LogP contribution in [-0.2, 0) is 10.5 Å². The number of benzene rings is 3. The summed E-state index contributed by atoms with van der Waals surface area (Å²) in [6, 6.07) is 17.9. The van der Waals surface area contributed by atoms with Gasteiger partial charge in [0.2, 0.25) is 11.1 Å². The lowest BCUT2D eigenvalue weighted by Crippen LogP contribution is -2.31. The van der Waals surface area contributed by atoms with Gasteiger partial charge in [-0.3, -0.25) is 4.79 Å². The van der Waals surface area contributed by atoms with Crippen LogP contribution in [0.25, 0.3) is 0 Å². The number of nitrogens with zero attached hydrogens (tertiary/aromatic N) is 3. The fraction of sp³-hybridized carbons (Fsp3) is 0.207. The minimum absolute atomic E-state index is 0.0137. The molecule has 1 aliphatic heterocycles. The number of methoxy groups -OCH3 is 1. The van der Waals surface area contributed by atoms with E-state index in [4.69, 9.17) is 14.6 Å². The van der Waals surface area contributed by atoms with Crippen molar-refractivity contribution in [3.8, 4) is 17.2 Å². The zero-order chi connectivity index (χ0) is 28.2. The molecule has 1 aromatic heterocycles. The second-order valence-electron chi connectivity index (χ2n) is 8.92. The third-order valence-electron chi connectivity index (χ3n) is 6.35. The summed E-state index contributed by atoms with van der Waals surface area (Å²) in [6.07, 6.45) is 0. The van der Waals surface area contributed by atoms with Crippen molar-refractivity contribution in [1.29, 1.82) is 0 Å². The third-order valence-corrected chi connectivity index (χ3v) is 7.23. The number of phenolic OH excluding ortho intramolecular Hbond substituents is 1. The second-order valence-corrected chi connectivity index (χ2v) is 9.87. The summed E-state index contributed by atoms with van der Waals surface area (Å²) < 4.78 is 26.9. The Labute approximate surface area is 235 Å². The van der Waals surface area contributed by atoms with Crippen LogP contribution in [0.1, 0.15) is 31.0 Å².